The molecule has 0 fully saturated rings. The molecule has 15 heavy (non-hydrogen) atoms. The van der Waals surface area contributed by atoms with Gasteiger partial charge < -0.3 is 10.5 Å². The van der Waals surface area contributed by atoms with Gasteiger partial charge in [0.2, 0.25) is 0 Å². The van der Waals surface area contributed by atoms with Crippen molar-refractivity contribution in [3.05, 3.63) is 48.4 Å². The number of hydrogen-bond acceptors (Lipinski definition) is 4. The zero-order valence-electron chi connectivity index (χ0n) is 8.13. The van der Waals surface area contributed by atoms with Crippen LogP contribution in [0.3, 0.4) is 0 Å². The van der Waals surface area contributed by atoms with Gasteiger partial charge >= 0.3 is 0 Å². The predicted octanol–water partition coefficient (Wildman–Crippen LogP) is 1.64. The molecule has 0 amide bonds. The fourth-order valence-corrected chi connectivity index (χ4v) is 1.17. The smallest absolute Gasteiger partial charge is 0.166 e. The van der Waals surface area contributed by atoms with E-state index in [1.807, 2.05) is 12.1 Å². The number of aromatic nitrogens is 2. The number of nitrogens with zero attached hydrogens (tertiary/aromatic N) is 2. The lowest BCUT2D eigenvalue weighted by Gasteiger charge is -2.06. The van der Waals surface area contributed by atoms with Crippen molar-refractivity contribution in [2.24, 2.45) is 0 Å². The van der Waals surface area contributed by atoms with Crippen molar-refractivity contribution in [3.63, 3.8) is 0 Å². The van der Waals surface area contributed by atoms with E-state index in [-0.39, 0.29) is 0 Å². The van der Waals surface area contributed by atoms with Gasteiger partial charge in [0, 0.05) is 24.2 Å². The second-order valence-corrected chi connectivity index (χ2v) is 3.04. The number of ether oxygens (including phenoxy) is 1. The van der Waals surface area contributed by atoms with E-state index in [0.29, 0.717) is 18.2 Å². The summed E-state index contributed by atoms with van der Waals surface area (Å²) in [6, 6.07) is 7.39. The minimum atomic E-state index is 0.404. The molecule has 0 unspecified atom stereocenters. The Hall–Kier alpha value is -2.10. The Bertz CT molecular complexity index is 431. The van der Waals surface area contributed by atoms with Gasteiger partial charge in [0.1, 0.15) is 6.61 Å². The van der Waals surface area contributed by atoms with Crippen molar-refractivity contribution in [2.75, 3.05) is 5.73 Å². The third kappa shape index (κ3) is 2.43. The average molecular weight is 201 g/mol. The van der Waals surface area contributed by atoms with Gasteiger partial charge in [-0.15, -0.1) is 0 Å². The van der Waals surface area contributed by atoms with Crippen molar-refractivity contribution in [1.29, 1.82) is 0 Å². The average Bonchev–Trinajstić information content (AvgIpc) is 2.29. The topological polar surface area (TPSA) is 61.0 Å². The zero-order chi connectivity index (χ0) is 10.5. The van der Waals surface area contributed by atoms with E-state index in [2.05, 4.69) is 9.97 Å². The van der Waals surface area contributed by atoms with Crippen molar-refractivity contribution >= 4 is 5.82 Å². The summed E-state index contributed by atoms with van der Waals surface area (Å²) in [4.78, 5) is 7.92. The van der Waals surface area contributed by atoms with Crippen LogP contribution in [0.2, 0.25) is 0 Å². The Morgan fingerprint density at radius 1 is 1.20 bits per heavy atom. The molecule has 0 spiro atoms. The van der Waals surface area contributed by atoms with E-state index in [9.17, 15) is 0 Å². The maximum Gasteiger partial charge on any atom is 0.166 e. The van der Waals surface area contributed by atoms with Gasteiger partial charge in [-0.05, 0) is 18.2 Å². The first kappa shape index (κ1) is 9.45. The van der Waals surface area contributed by atoms with Crippen molar-refractivity contribution in [3.8, 4) is 5.75 Å². The zero-order valence-corrected chi connectivity index (χ0v) is 8.13. The molecule has 0 saturated heterocycles. The molecule has 0 aliphatic heterocycles. The van der Waals surface area contributed by atoms with Crippen LogP contribution in [-0.2, 0) is 6.61 Å². The molecule has 0 atom stereocenters. The molecule has 2 N–H and O–H groups in total. The predicted molar refractivity (Wildman–Crippen MR) is 57.2 cm³/mol. The molecule has 2 aromatic heterocycles. The highest BCUT2D eigenvalue weighted by atomic mass is 16.5. The number of nitrogen functional groups attached to an aromatic ring is 1. The number of pyridine rings is 2. The molecule has 2 heterocycles. The molecular formula is C11H11N3O. The largest absolute Gasteiger partial charge is 0.485 e. The lowest BCUT2D eigenvalue weighted by Crippen LogP contribution is -2.00. The van der Waals surface area contributed by atoms with E-state index >= 15 is 0 Å². The minimum Gasteiger partial charge on any atom is -0.485 e. The molecular weight excluding hydrogens is 190 g/mol. The van der Waals surface area contributed by atoms with Gasteiger partial charge in [-0.2, -0.15) is 0 Å². The summed E-state index contributed by atoms with van der Waals surface area (Å²) in [5.41, 5.74) is 6.63. The van der Waals surface area contributed by atoms with Crippen LogP contribution in [0.5, 0.6) is 5.75 Å². The fourth-order valence-electron chi connectivity index (χ4n) is 1.17. The van der Waals surface area contributed by atoms with Crippen LogP contribution in [0.4, 0.5) is 5.82 Å². The van der Waals surface area contributed by atoms with Crippen LogP contribution >= 0.6 is 0 Å². The molecule has 0 radical (unpaired) electrons. The maximum absolute atomic E-state index is 5.63. The number of hydrogen-bond donors (Lipinski definition) is 1. The Morgan fingerprint density at radius 3 is 2.80 bits per heavy atom. The summed E-state index contributed by atoms with van der Waals surface area (Å²) in [6.45, 7) is 0.448. The van der Waals surface area contributed by atoms with E-state index in [4.69, 9.17) is 10.5 Å². The quantitative estimate of drug-likeness (QED) is 0.820. The van der Waals surface area contributed by atoms with Crippen LogP contribution in [-0.4, -0.2) is 9.97 Å². The van der Waals surface area contributed by atoms with E-state index in [1.54, 1.807) is 30.7 Å². The Kier molecular flexibility index (Phi) is 2.78. The SMILES string of the molecule is Nc1ncccc1OCc1cccnc1. The monoisotopic (exact) mass is 201 g/mol. The standard InChI is InChI=1S/C11H11N3O/c12-11-10(4-2-6-14-11)15-8-9-3-1-5-13-7-9/h1-7H,8H2,(H2,12,14). The molecule has 2 aromatic rings. The van der Waals surface area contributed by atoms with Crippen LogP contribution in [0, 0.1) is 0 Å². The maximum atomic E-state index is 5.63. The molecule has 0 aromatic carbocycles. The van der Waals surface area contributed by atoms with Gasteiger partial charge in [0.25, 0.3) is 0 Å². The first-order chi connectivity index (χ1) is 7.36. The summed E-state index contributed by atoms with van der Waals surface area (Å²) in [7, 11) is 0. The van der Waals surface area contributed by atoms with Gasteiger partial charge in [0.15, 0.2) is 11.6 Å². The second-order valence-electron chi connectivity index (χ2n) is 3.04. The Balaban J connectivity index is 2.03. The third-order valence-corrected chi connectivity index (χ3v) is 1.92. The summed E-state index contributed by atoms with van der Waals surface area (Å²) in [5.74, 6) is 1.00. The Labute approximate surface area is 87.7 Å². The highest BCUT2D eigenvalue weighted by Gasteiger charge is 1.99. The highest BCUT2D eigenvalue weighted by Crippen LogP contribution is 2.18. The summed E-state index contributed by atoms with van der Waals surface area (Å²) in [6.07, 6.45) is 5.11. The van der Waals surface area contributed by atoms with Gasteiger partial charge in [0.05, 0.1) is 0 Å². The van der Waals surface area contributed by atoms with Crippen LogP contribution in [0.15, 0.2) is 42.9 Å². The van der Waals surface area contributed by atoms with Crippen LogP contribution in [0.1, 0.15) is 5.56 Å². The van der Waals surface area contributed by atoms with Crippen LogP contribution < -0.4 is 10.5 Å². The van der Waals surface area contributed by atoms with Crippen molar-refractivity contribution in [1.82, 2.24) is 9.97 Å². The normalized spacial score (nSPS) is 9.87. The van der Waals surface area contributed by atoms with E-state index < -0.39 is 0 Å². The summed E-state index contributed by atoms with van der Waals surface area (Å²) < 4.78 is 5.50. The molecule has 4 heteroatoms. The Morgan fingerprint density at radius 2 is 2.07 bits per heavy atom. The van der Waals surface area contributed by atoms with Gasteiger partial charge in [-0.1, -0.05) is 6.07 Å². The third-order valence-electron chi connectivity index (χ3n) is 1.92. The molecule has 0 saturated carbocycles. The minimum absolute atomic E-state index is 0.404. The lowest BCUT2D eigenvalue weighted by molar-refractivity contribution is 0.306. The van der Waals surface area contributed by atoms with Crippen LogP contribution in [0.25, 0.3) is 0 Å². The molecule has 0 aliphatic carbocycles. The molecule has 4 nitrogen and oxygen atoms in total. The first-order valence-electron chi connectivity index (χ1n) is 4.58. The summed E-state index contributed by atoms with van der Waals surface area (Å²) >= 11 is 0. The van der Waals surface area contributed by atoms with Crippen molar-refractivity contribution < 1.29 is 4.74 Å². The second kappa shape index (κ2) is 4.41. The number of anilines is 1. The molecule has 0 aliphatic rings. The fraction of sp³-hybridized carbons (Fsp3) is 0.0909. The molecule has 2 rings (SSSR count). The van der Waals surface area contributed by atoms with Crippen molar-refractivity contribution in [2.45, 2.75) is 6.61 Å². The number of rotatable bonds is 3. The van der Waals surface area contributed by atoms with Gasteiger partial charge in [-0.25, -0.2) is 4.98 Å². The lowest BCUT2D eigenvalue weighted by atomic mass is 10.3. The van der Waals surface area contributed by atoms with E-state index in [1.165, 1.54) is 0 Å². The highest BCUT2D eigenvalue weighted by molar-refractivity contribution is 5.44. The molecule has 76 valence electrons. The van der Waals surface area contributed by atoms with E-state index in [0.717, 1.165) is 5.56 Å². The van der Waals surface area contributed by atoms with Gasteiger partial charge in [-0.3, -0.25) is 4.98 Å². The molecule has 0 bridgehead atoms. The first-order valence-corrected chi connectivity index (χ1v) is 4.58. The number of nitrogens with two attached hydrogens (primary N) is 1. The summed E-state index contributed by atoms with van der Waals surface area (Å²) in [5, 5.41) is 0.